The highest BCUT2D eigenvalue weighted by Crippen LogP contribution is 2.23. The topological polar surface area (TPSA) is 57.7 Å². The molecule has 2 aliphatic rings. The Kier molecular flexibility index (Phi) is 5.96. The highest BCUT2D eigenvalue weighted by molar-refractivity contribution is 8.00. The molecule has 0 radical (unpaired) electrons. The molecule has 0 saturated carbocycles. The minimum Gasteiger partial charge on any atom is -0.323 e. The first-order valence-electron chi connectivity index (χ1n) is 7.72. The Bertz CT molecular complexity index is 459. The first-order valence-corrected chi connectivity index (χ1v) is 10.8. The Balaban J connectivity index is 2.08. The van der Waals surface area contributed by atoms with Gasteiger partial charge in [0.05, 0.1) is 6.04 Å². The molecule has 0 spiro atoms. The van der Waals surface area contributed by atoms with Gasteiger partial charge in [-0.1, -0.05) is 12.8 Å². The van der Waals surface area contributed by atoms with E-state index in [0.717, 1.165) is 31.7 Å². The Labute approximate surface area is 132 Å². The van der Waals surface area contributed by atoms with Crippen molar-refractivity contribution in [2.45, 2.75) is 44.0 Å². The van der Waals surface area contributed by atoms with Gasteiger partial charge in [-0.25, -0.2) is 8.42 Å². The van der Waals surface area contributed by atoms with Gasteiger partial charge in [0.1, 0.15) is 5.37 Å². The predicted molar refractivity (Wildman–Crippen MR) is 87.2 cm³/mol. The second-order valence-corrected chi connectivity index (χ2v) is 9.37. The fourth-order valence-corrected chi connectivity index (χ4v) is 5.89. The highest BCUT2D eigenvalue weighted by atomic mass is 32.2. The molecule has 2 heterocycles. The third kappa shape index (κ3) is 4.36. The molecule has 21 heavy (non-hydrogen) atoms. The molecule has 1 amide bonds. The quantitative estimate of drug-likeness (QED) is 0.776. The van der Waals surface area contributed by atoms with E-state index in [1.165, 1.54) is 19.1 Å². The van der Waals surface area contributed by atoms with Crippen molar-refractivity contribution >= 4 is 27.5 Å². The molecule has 0 aromatic heterocycles. The number of carbonyl (C=O) groups excluding carboxylic acids is 1. The third-order valence-electron chi connectivity index (χ3n) is 4.41. The monoisotopic (exact) mass is 334 g/mol. The van der Waals surface area contributed by atoms with Crippen LogP contribution >= 0.6 is 11.8 Å². The average Bonchev–Trinajstić information content (AvgIpc) is 2.74. The minimum atomic E-state index is -3.23. The molecule has 0 aromatic rings. The molecule has 2 atom stereocenters. The first kappa shape index (κ1) is 17.1. The lowest BCUT2D eigenvalue weighted by atomic mass is 10.2. The SMILES string of the molecule is C[C@@H](C(=O)N1CCSC[C@@H]1S(C)(=O)=O)N1CCCCCC1. The zero-order valence-electron chi connectivity index (χ0n) is 13.0. The van der Waals surface area contributed by atoms with Crippen LogP contribution in [-0.2, 0) is 14.6 Å². The van der Waals surface area contributed by atoms with Crippen LogP contribution < -0.4 is 0 Å². The van der Waals surface area contributed by atoms with E-state index in [0.29, 0.717) is 12.3 Å². The lowest BCUT2D eigenvalue weighted by Gasteiger charge is -2.38. The average molecular weight is 335 g/mol. The van der Waals surface area contributed by atoms with Crippen LogP contribution in [0.3, 0.4) is 0 Å². The molecule has 122 valence electrons. The molecule has 0 unspecified atom stereocenters. The van der Waals surface area contributed by atoms with Crippen molar-refractivity contribution in [1.82, 2.24) is 9.80 Å². The van der Waals surface area contributed by atoms with Crippen LogP contribution in [0.1, 0.15) is 32.6 Å². The fraction of sp³-hybridized carbons (Fsp3) is 0.929. The predicted octanol–water partition coefficient (Wildman–Crippen LogP) is 1.20. The van der Waals surface area contributed by atoms with Crippen LogP contribution in [0.5, 0.6) is 0 Å². The second kappa shape index (κ2) is 7.33. The number of hydrogen-bond donors (Lipinski definition) is 0. The van der Waals surface area contributed by atoms with Gasteiger partial charge in [0, 0.05) is 24.3 Å². The Morgan fingerprint density at radius 3 is 2.33 bits per heavy atom. The summed E-state index contributed by atoms with van der Waals surface area (Å²) in [5.74, 6) is 1.30. The number of amides is 1. The van der Waals surface area contributed by atoms with E-state index >= 15 is 0 Å². The first-order chi connectivity index (χ1) is 9.91. The van der Waals surface area contributed by atoms with Gasteiger partial charge in [-0.05, 0) is 32.9 Å². The number of sulfone groups is 1. The maximum Gasteiger partial charge on any atom is 0.240 e. The van der Waals surface area contributed by atoms with Gasteiger partial charge in [0.2, 0.25) is 5.91 Å². The molecule has 2 saturated heterocycles. The molecule has 5 nitrogen and oxygen atoms in total. The molecule has 7 heteroatoms. The number of nitrogens with zero attached hydrogens (tertiary/aromatic N) is 2. The third-order valence-corrected chi connectivity index (χ3v) is 7.05. The number of carbonyl (C=O) groups is 1. The summed E-state index contributed by atoms with van der Waals surface area (Å²) in [4.78, 5) is 16.6. The summed E-state index contributed by atoms with van der Waals surface area (Å²) in [6.45, 7) is 4.35. The standard InChI is InChI=1S/C14H26N2O3S2/c1-12(15-7-5-3-4-6-8-15)14(17)16-9-10-20-11-13(16)21(2,18)19/h12-13H,3-11H2,1-2H3/t12-,13-/m0/s1. The zero-order chi connectivity index (χ0) is 15.5. The van der Waals surface area contributed by atoms with Crippen molar-refractivity contribution in [3.05, 3.63) is 0 Å². The fourth-order valence-electron chi connectivity index (χ4n) is 3.07. The number of thioether (sulfide) groups is 1. The molecule has 2 fully saturated rings. The van der Waals surface area contributed by atoms with Gasteiger partial charge in [0.25, 0.3) is 0 Å². The van der Waals surface area contributed by atoms with E-state index in [4.69, 9.17) is 0 Å². The van der Waals surface area contributed by atoms with Gasteiger partial charge >= 0.3 is 0 Å². The van der Waals surface area contributed by atoms with Crippen LogP contribution in [-0.4, -0.2) is 72.9 Å². The van der Waals surface area contributed by atoms with E-state index in [1.807, 2.05) is 6.92 Å². The molecule has 0 aliphatic carbocycles. The van der Waals surface area contributed by atoms with Crippen LogP contribution in [0, 0.1) is 0 Å². The summed E-state index contributed by atoms with van der Waals surface area (Å²) in [6.07, 6.45) is 5.94. The largest absolute Gasteiger partial charge is 0.323 e. The van der Waals surface area contributed by atoms with Crippen molar-refractivity contribution < 1.29 is 13.2 Å². The summed E-state index contributed by atoms with van der Waals surface area (Å²) in [7, 11) is -3.23. The van der Waals surface area contributed by atoms with E-state index in [9.17, 15) is 13.2 Å². The van der Waals surface area contributed by atoms with Crippen molar-refractivity contribution in [3.63, 3.8) is 0 Å². The van der Waals surface area contributed by atoms with Crippen LogP contribution in [0.2, 0.25) is 0 Å². The van der Waals surface area contributed by atoms with Gasteiger partial charge in [-0.15, -0.1) is 0 Å². The van der Waals surface area contributed by atoms with E-state index in [-0.39, 0.29) is 11.9 Å². The highest BCUT2D eigenvalue weighted by Gasteiger charge is 2.37. The van der Waals surface area contributed by atoms with Crippen LogP contribution in [0.25, 0.3) is 0 Å². The smallest absolute Gasteiger partial charge is 0.240 e. The van der Waals surface area contributed by atoms with E-state index in [2.05, 4.69) is 4.90 Å². The molecule has 0 bridgehead atoms. The summed E-state index contributed by atoms with van der Waals surface area (Å²) in [6, 6.07) is -0.213. The molecule has 2 rings (SSSR count). The molecular weight excluding hydrogens is 308 g/mol. The van der Waals surface area contributed by atoms with Crippen LogP contribution in [0.15, 0.2) is 0 Å². The van der Waals surface area contributed by atoms with Gasteiger partial charge in [-0.2, -0.15) is 11.8 Å². The Morgan fingerprint density at radius 1 is 1.14 bits per heavy atom. The Morgan fingerprint density at radius 2 is 1.76 bits per heavy atom. The summed E-state index contributed by atoms with van der Waals surface area (Å²) in [5.41, 5.74) is 0. The van der Waals surface area contributed by atoms with E-state index in [1.54, 1.807) is 16.7 Å². The van der Waals surface area contributed by atoms with Crippen molar-refractivity contribution in [3.8, 4) is 0 Å². The summed E-state index contributed by atoms with van der Waals surface area (Å²) >= 11 is 1.62. The van der Waals surface area contributed by atoms with Gasteiger partial charge in [0.15, 0.2) is 9.84 Å². The lowest BCUT2D eigenvalue weighted by Crippen LogP contribution is -2.56. The van der Waals surface area contributed by atoms with Crippen molar-refractivity contribution in [1.29, 1.82) is 0 Å². The lowest BCUT2D eigenvalue weighted by molar-refractivity contribution is -0.136. The molecular formula is C14H26N2O3S2. The summed E-state index contributed by atoms with van der Waals surface area (Å²) in [5, 5.41) is -0.654. The number of hydrogen-bond acceptors (Lipinski definition) is 5. The van der Waals surface area contributed by atoms with Crippen molar-refractivity contribution in [2.24, 2.45) is 0 Å². The maximum absolute atomic E-state index is 12.8. The second-order valence-electron chi connectivity index (χ2n) is 6.02. The zero-order valence-corrected chi connectivity index (χ0v) is 14.6. The normalized spacial score (nSPS) is 27.1. The Hall–Kier alpha value is -0.270. The maximum atomic E-state index is 12.8. The van der Waals surface area contributed by atoms with Crippen LogP contribution in [0.4, 0.5) is 0 Å². The molecule has 2 aliphatic heterocycles. The minimum absolute atomic E-state index is 0.0207. The number of likely N-dealkylation sites (tertiary alicyclic amines) is 1. The summed E-state index contributed by atoms with van der Waals surface area (Å²) < 4.78 is 23.9. The molecule has 0 aromatic carbocycles. The molecule has 0 N–H and O–H groups in total. The number of rotatable bonds is 3. The van der Waals surface area contributed by atoms with Crippen molar-refractivity contribution in [2.75, 3.05) is 37.4 Å². The van der Waals surface area contributed by atoms with Gasteiger partial charge in [-0.3, -0.25) is 9.69 Å². The van der Waals surface area contributed by atoms with E-state index < -0.39 is 15.2 Å². The van der Waals surface area contributed by atoms with Gasteiger partial charge < -0.3 is 4.90 Å².